The molecule has 0 fully saturated rings. The highest BCUT2D eigenvalue weighted by atomic mass is 16.6. The van der Waals surface area contributed by atoms with E-state index < -0.39 is 22.5 Å². The van der Waals surface area contributed by atoms with Gasteiger partial charge in [-0.25, -0.2) is 5.48 Å². The first-order chi connectivity index (χ1) is 11.9. The molecule has 126 valence electrons. The molecule has 1 aliphatic heterocycles. The monoisotopic (exact) mass is 341 g/mol. The van der Waals surface area contributed by atoms with Crippen molar-refractivity contribution >= 4 is 29.0 Å². The molecule has 2 amide bonds. The summed E-state index contributed by atoms with van der Waals surface area (Å²) in [5.41, 5.74) is 2.22. The second kappa shape index (κ2) is 6.13. The minimum Gasteiger partial charge on any atom is -0.300 e. The van der Waals surface area contributed by atoms with Crippen LogP contribution in [-0.4, -0.2) is 27.7 Å². The molecule has 2 aromatic rings. The molecule has 3 rings (SSSR count). The van der Waals surface area contributed by atoms with Crippen molar-refractivity contribution in [2.24, 2.45) is 0 Å². The number of fused-ring (bicyclic) bond motifs is 1. The van der Waals surface area contributed by atoms with Gasteiger partial charge in [0, 0.05) is 17.7 Å². The Kier molecular flexibility index (Phi) is 3.99. The molecule has 0 aliphatic carbocycles. The summed E-state index contributed by atoms with van der Waals surface area (Å²) in [6.07, 6.45) is 0. The Balaban J connectivity index is 1.95. The molecule has 0 spiro atoms. The number of ketones is 1. The summed E-state index contributed by atoms with van der Waals surface area (Å²) in [5.74, 6) is -2.32. The SMILES string of the molecule is O=C(NO)c1cccc(CN2C(=O)C(=O)c3cc([N+](=O)[O-])ccc32)c1. The lowest BCUT2D eigenvalue weighted by Gasteiger charge is -2.16. The van der Waals surface area contributed by atoms with E-state index in [-0.39, 0.29) is 29.0 Å². The molecule has 0 bridgehead atoms. The van der Waals surface area contributed by atoms with Gasteiger partial charge in [0.25, 0.3) is 23.3 Å². The number of nitro benzene ring substituents is 1. The Labute approximate surface area is 140 Å². The van der Waals surface area contributed by atoms with Crippen LogP contribution in [0.5, 0.6) is 0 Å². The quantitative estimate of drug-likeness (QED) is 0.374. The topological polar surface area (TPSA) is 130 Å². The molecule has 9 nitrogen and oxygen atoms in total. The summed E-state index contributed by atoms with van der Waals surface area (Å²) in [4.78, 5) is 47.1. The predicted octanol–water partition coefficient (Wildman–Crippen LogP) is 1.44. The Morgan fingerprint density at radius 3 is 2.64 bits per heavy atom. The fraction of sp³-hybridized carbons (Fsp3) is 0.0625. The van der Waals surface area contributed by atoms with Gasteiger partial charge in [-0.05, 0) is 23.8 Å². The molecule has 2 N–H and O–H groups in total. The van der Waals surface area contributed by atoms with E-state index in [9.17, 15) is 24.5 Å². The minimum absolute atomic E-state index is 0.00192. The second-order valence-corrected chi connectivity index (χ2v) is 5.32. The number of hydroxylamine groups is 1. The standard InChI is InChI=1S/C16H11N3O6/c20-14-12-7-11(19(24)25)4-5-13(12)18(16(14)22)8-9-2-1-3-10(6-9)15(21)17-23/h1-7,23H,8H2,(H,17,21). The zero-order valence-electron chi connectivity index (χ0n) is 12.6. The molecule has 0 unspecified atom stereocenters. The van der Waals surface area contributed by atoms with Gasteiger partial charge in [0.1, 0.15) is 0 Å². The van der Waals surface area contributed by atoms with Crippen LogP contribution in [-0.2, 0) is 11.3 Å². The minimum atomic E-state index is -0.817. The number of rotatable bonds is 4. The van der Waals surface area contributed by atoms with Crippen LogP contribution in [0.15, 0.2) is 42.5 Å². The molecular weight excluding hydrogens is 330 g/mol. The van der Waals surface area contributed by atoms with Crippen molar-refractivity contribution in [2.75, 3.05) is 4.90 Å². The highest BCUT2D eigenvalue weighted by Crippen LogP contribution is 2.33. The Morgan fingerprint density at radius 2 is 1.96 bits per heavy atom. The number of hydrogen-bond donors (Lipinski definition) is 2. The number of hydrogen-bond acceptors (Lipinski definition) is 6. The first-order valence-electron chi connectivity index (χ1n) is 7.10. The van der Waals surface area contributed by atoms with Crippen LogP contribution < -0.4 is 10.4 Å². The second-order valence-electron chi connectivity index (χ2n) is 5.32. The van der Waals surface area contributed by atoms with E-state index in [1.165, 1.54) is 34.6 Å². The van der Waals surface area contributed by atoms with Crippen molar-refractivity contribution < 1.29 is 24.5 Å². The fourth-order valence-electron chi connectivity index (χ4n) is 2.62. The molecule has 0 atom stereocenters. The number of nitrogens with zero attached hydrogens (tertiary/aromatic N) is 2. The van der Waals surface area contributed by atoms with E-state index in [1.807, 2.05) is 0 Å². The van der Waals surface area contributed by atoms with Gasteiger partial charge in [0.2, 0.25) is 0 Å². The van der Waals surface area contributed by atoms with E-state index >= 15 is 0 Å². The maximum absolute atomic E-state index is 12.2. The van der Waals surface area contributed by atoms with Gasteiger partial charge in [-0.15, -0.1) is 0 Å². The average molecular weight is 341 g/mol. The van der Waals surface area contributed by atoms with Crippen molar-refractivity contribution in [3.63, 3.8) is 0 Å². The molecule has 25 heavy (non-hydrogen) atoms. The zero-order chi connectivity index (χ0) is 18.1. The molecule has 0 saturated carbocycles. The number of non-ortho nitro benzene ring substituents is 1. The number of benzene rings is 2. The third-order valence-electron chi connectivity index (χ3n) is 3.80. The molecule has 0 saturated heterocycles. The van der Waals surface area contributed by atoms with Crippen molar-refractivity contribution in [3.05, 3.63) is 69.3 Å². The molecule has 0 radical (unpaired) electrons. The molecule has 0 aromatic heterocycles. The maximum atomic E-state index is 12.2. The van der Waals surface area contributed by atoms with E-state index in [2.05, 4.69) is 0 Å². The lowest BCUT2D eigenvalue weighted by Crippen LogP contribution is -2.29. The largest absolute Gasteiger partial charge is 0.300 e. The Morgan fingerprint density at radius 1 is 1.20 bits per heavy atom. The number of anilines is 1. The van der Waals surface area contributed by atoms with Gasteiger partial charge in [-0.1, -0.05) is 12.1 Å². The predicted molar refractivity (Wildman–Crippen MR) is 84.3 cm³/mol. The van der Waals surface area contributed by atoms with Crippen LogP contribution in [0.4, 0.5) is 11.4 Å². The normalized spacial score (nSPS) is 12.9. The summed E-state index contributed by atoms with van der Waals surface area (Å²) in [7, 11) is 0. The summed E-state index contributed by atoms with van der Waals surface area (Å²) in [6.45, 7) is 0.00192. The molecule has 2 aromatic carbocycles. The Bertz CT molecular complexity index is 924. The molecule has 1 aliphatic rings. The van der Waals surface area contributed by atoms with Crippen molar-refractivity contribution in [3.8, 4) is 0 Å². The van der Waals surface area contributed by atoms with Crippen LogP contribution in [0, 0.1) is 10.1 Å². The Hall–Kier alpha value is -3.59. The molecule has 9 heteroatoms. The van der Waals surface area contributed by atoms with Gasteiger partial charge >= 0.3 is 0 Å². The van der Waals surface area contributed by atoms with E-state index in [0.29, 0.717) is 5.56 Å². The van der Waals surface area contributed by atoms with Crippen LogP contribution in [0.1, 0.15) is 26.3 Å². The van der Waals surface area contributed by atoms with Crippen LogP contribution >= 0.6 is 0 Å². The number of Topliss-reactive ketones (excluding diaryl/α,β-unsaturated/α-hetero) is 1. The first-order valence-corrected chi connectivity index (χ1v) is 7.10. The van der Waals surface area contributed by atoms with Crippen LogP contribution in [0.2, 0.25) is 0 Å². The number of carbonyl (C=O) groups is 3. The van der Waals surface area contributed by atoms with Crippen LogP contribution in [0.25, 0.3) is 0 Å². The van der Waals surface area contributed by atoms with Crippen molar-refractivity contribution in [2.45, 2.75) is 6.54 Å². The van der Waals surface area contributed by atoms with Crippen molar-refractivity contribution in [1.82, 2.24) is 5.48 Å². The lowest BCUT2D eigenvalue weighted by molar-refractivity contribution is -0.384. The van der Waals surface area contributed by atoms with Gasteiger partial charge in [0.05, 0.1) is 22.7 Å². The third-order valence-corrected chi connectivity index (χ3v) is 3.80. The van der Waals surface area contributed by atoms with Gasteiger partial charge in [-0.3, -0.25) is 29.7 Å². The smallest absolute Gasteiger partial charge is 0.299 e. The number of carbonyl (C=O) groups excluding carboxylic acids is 3. The summed E-state index contributed by atoms with van der Waals surface area (Å²) < 4.78 is 0. The van der Waals surface area contributed by atoms with Crippen molar-refractivity contribution in [1.29, 1.82) is 0 Å². The molecular formula is C16H11N3O6. The zero-order valence-corrected chi connectivity index (χ0v) is 12.6. The van der Waals surface area contributed by atoms with E-state index in [1.54, 1.807) is 12.1 Å². The van der Waals surface area contributed by atoms with Gasteiger partial charge < -0.3 is 4.90 Å². The van der Waals surface area contributed by atoms with Crippen LogP contribution in [0.3, 0.4) is 0 Å². The maximum Gasteiger partial charge on any atom is 0.299 e. The summed E-state index contributed by atoms with van der Waals surface area (Å²) in [5, 5.41) is 19.5. The highest BCUT2D eigenvalue weighted by molar-refractivity contribution is 6.52. The average Bonchev–Trinajstić information content (AvgIpc) is 2.85. The number of nitrogens with one attached hydrogen (secondary N) is 1. The lowest BCUT2D eigenvalue weighted by atomic mass is 10.1. The number of amides is 2. The molecule has 1 heterocycles. The third kappa shape index (κ3) is 2.83. The fourth-order valence-corrected chi connectivity index (χ4v) is 2.62. The number of nitro groups is 1. The summed E-state index contributed by atoms with van der Waals surface area (Å²) >= 11 is 0. The van der Waals surface area contributed by atoms with Gasteiger partial charge in [0.15, 0.2) is 0 Å². The van der Waals surface area contributed by atoms with Gasteiger partial charge in [-0.2, -0.15) is 0 Å². The highest BCUT2D eigenvalue weighted by Gasteiger charge is 2.37. The van der Waals surface area contributed by atoms with E-state index in [0.717, 1.165) is 6.07 Å². The van der Waals surface area contributed by atoms with E-state index in [4.69, 9.17) is 5.21 Å². The first kappa shape index (κ1) is 16.3. The summed E-state index contributed by atoms with van der Waals surface area (Å²) in [6, 6.07) is 9.80.